The zero-order valence-electron chi connectivity index (χ0n) is 10.4. The maximum Gasteiger partial charge on any atom is 0.257 e. The van der Waals surface area contributed by atoms with Crippen LogP contribution in [0.1, 0.15) is 20.7 Å². The standard InChI is InChI=1S/C15H11F2NO2/c16-11-7-4-8-12(17)14(11)15(20)18-9-13(19)10-5-2-1-3-6-10/h1-8H,9H2,(H,18,20). The van der Waals surface area contributed by atoms with Gasteiger partial charge in [0.25, 0.3) is 5.91 Å². The molecule has 3 nitrogen and oxygen atoms in total. The number of benzene rings is 2. The maximum absolute atomic E-state index is 13.4. The van der Waals surface area contributed by atoms with Gasteiger partial charge in [-0.15, -0.1) is 0 Å². The van der Waals surface area contributed by atoms with Crippen LogP contribution in [0.3, 0.4) is 0 Å². The number of hydrogen-bond donors (Lipinski definition) is 1. The summed E-state index contributed by atoms with van der Waals surface area (Å²) in [6.45, 7) is -0.323. The molecule has 2 aromatic rings. The van der Waals surface area contributed by atoms with Crippen molar-refractivity contribution < 1.29 is 18.4 Å². The van der Waals surface area contributed by atoms with E-state index in [0.717, 1.165) is 18.2 Å². The highest BCUT2D eigenvalue weighted by Crippen LogP contribution is 2.11. The van der Waals surface area contributed by atoms with E-state index >= 15 is 0 Å². The van der Waals surface area contributed by atoms with E-state index in [1.807, 2.05) is 0 Å². The van der Waals surface area contributed by atoms with Gasteiger partial charge in [0, 0.05) is 5.56 Å². The molecule has 0 aliphatic carbocycles. The molecule has 2 rings (SSSR count). The number of Topliss-reactive ketones (excluding diaryl/α,β-unsaturated/α-hetero) is 1. The van der Waals surface area contributed by atoms with E-state index < -0.39 is 23.1 Å². The number of rotatable bonds is 4. The zero-order chi connectivity index (χ0) is 14.5. The van der Waals surface area contributed by atoms with Crippen molar-refractivity contribution in [1.29, 1.82) is 0 Å². The summed E-state index contributed by atoms with van der Waals surface area (Å²) in [5.41, 5.74) is -0.268. The van der Waals surface area contributed by atoms with Gasteiger partial charge in [-0.1, -0.05) is 36.4 Å². The smallest absolute Gasteiger partial charge is 0.257 e. The Hall–Kier alpha value is -2.56. The molecule has 1 N–H and O–H groups in total. The summed E-state index contributed by atoms with van der Waals surface area (Å²) in [6, 6.07) is 11.4. The minimum atomic E-state index is -0.963. The van der Waals surface area contributed by atoms with Crippen LogP contribution in [0.15, 0.2) is 48.5 Å². The van der Waals surface area contributed by atoms with E-state index in [-0.39, 0.29) is 12.3 Å². The molecular formula is C15H11F2NO2. The van der Waals surface area contributed by atoms with Crippen LogP contribution in [0.2, 0.25) is 0 Å². The average Bonchev–Trinajstić information content (AvgIpc) is 2.45. The summed E-state index contributed by atoms with van der Waals surface area (Å²) in [6.07, 6.45) is 0. The van der Waals surface area contributed by atoms with Gasteiger partial charge in [-0.05, 0) is 12.1 Å². The summed E-state index contributed by atoms with van der Waals surface area (Å²) in [4.78, 5) is 23.4. The number of carbonyl (C=O) groups excluding carboxylic acids is 2. The molecule has 0 fully saturated rings. The normalized spacial score (nSPS) is 10.1. The predicted molar refractivity (Wildman–Crippen MR) is 69.5 cm³/mol. The molecular weight excluding hydrogens is 264 g/mol. The number of nitrogens with one attached hydrogen (secondary N) is 1. The first-order valence-corrected chi connectivity index (χ1v) is 5.90. The van der Waals surface area contributed by atoms with Gasteiger partial charge >= 0.3 is 0 Å². The van der Waals surface area contributed by atoms with Crippen molar-refractivity contribution in [2.75, 3.05) is 6.54 Å². The molecule has 0 aliphatic rings. The van der Waals surface area contributed by atoms with Crippen molar-refractivity contribution in [2.24, 2.45) is 0 Å². The molecule has 2 aromatic carbocycles. The zero-order valence-corrected chi connectivity index (χ0v) is 10.4. The minimum Gasteiger partial charge on any atom is -0.344 e. The molecule has 0 bridgehead atoms. The molecule has 0 radical (unpaired) electrons. The van der Waals surface area contributed by atoms with Gasteiger partial charge in [-0.25, -0.2) is 8.78 Å². The minimum absolute atomic E-state index is 0.323. The second-order valence-electron chi connectivity index (χ2n) is 4.07. The molecule has 0 saturated carbocycles. The van der Waals surface area contributed by atoms with Gasteiger partial charge in [0.2, 0.25) is 0 Å². The largest absolute Gasteiger partial charge is 0.344 e. The summed E-state index contributed by atoms with van der Waals surface area (Å²) < 4.78 is 26.7. The SMILES string of the molecule is O=C(CNC(=O)c1c(F)cccc1F)c1ccccc1. The van der Waals surface area contributed by atoms with Gasteiger partial charge in [0.1, 0.15) is 17.2 Å². The van der Waals surface area contributed by atoms with E-state index in [9.17, 15) is 18.4 Å². The number of amides is 1. The van der Waals surface area contributed by atoms with Crippen molar-refractivity contribution >= 4 is 11.7 Å². The van der Waals surface area contributed by atoms with Crippen molar-refractivity contribution in [3.63, 3.8) is 0 Å². The Morgan fingerprint density at radius 1 is 0.900 bits per heavy atom. The number of carbonyl (C=O) groups is 2. The molecule has 0 spiro atoms. The second-order valence-corrected chi connectivity index (χ2v) is 4.07. The highest BCUT2D eigenvalue weighted by molar-refractivity contribution is 6.02. The van der Waals surface area contributed by atoms with Crippen molar-refractivity contribution in [2.45, 2.75) is 0 Å². The van der Waals surface area contributed by atoms with Crippen LogP contribution in [0.4, 0.5) is 8.78 Å². The molecule has 5 heteroatoms. The van der Waals surface area contributed by atoms with E-state index in [1.54, 1.807) is 30.3 Å². The topological polar surface area (TPSA) is 46.2 Å². The van der Waals surface area contributed by atoms with Crippen LogP contribution in [0, 0.1) is 11.6 Å². The lowest BCUT2D eigenvalue weighted by Gasteiger charge is -2.06. The Kier molecular flexibility index (Phi) is 4.20. The summed E-state index contributed by atoms with van der Waals surface area (Å²) in [5, 5.41) is 2.21. The van der Waals surface area contributed by atoms with Gasteiger partial charge in [-0.2, -0.15) is 0 Å². The molecule has 0 aliphatic heterocycles. The van der Waals surface area contributed by atoms with Crippen LogP contribution >= 0.6 is 0 Å². The van der Waals surface area contributed by atoms with Crippen molar-refractivity contribution in [3.8, 4) is 0 Å². The molecule has 0 aromatic heterocycles. The maximum atomic E-state index is 13.4. The average molecular weight is 275 g/mol. The Balaban J connectivity index is 2.05. The molecule has 102 valence electrons. The van der Waals surface area contributed by atoms with Gasteiger partial charge in [0.05, 0.1) is 6.54 Å². The third kappa shape index (κ3) is 3.06. The Morgan fingerprint density at radius 2 is 1.50 bits per heavy atom. The van der Waals surface area contributed by atoms with Gasteiger partial charge in [-0.3, -0.25) is 9.59 Å². The van der Waals surface area contributed by atoms with E-state index in [2.05, 4.69) is 5.32 Å². The lowest BCUT2D eigenvalue weighted by molar-refractivity contribution is 0.0898. The molecule has 0 saturated heterocycles. The van der Waals surface area contributed by atoms with E-state index in [4.69, 9.17) is 0 Å². The fraction of sp³-hybridized carbons (Fsp3) is 0.0667. The quantitative estimate of drug-likeness (QED) is 0.872. The fourth-order valence-corrected chi connectivity index (χ4v) is 1.69. The lowest BCUT2D eigenvalue weighted by atomic mass is 10.1. The Morgan fingerprint density at radius 3 is 2.10 bits per heavy atom. The Labute approximate surface area is 114 Å². The number of hydrogen-bond acceptors (Lipinski definition) is 2. The first-order chi connectivity index (χ1) is 9.59. The van der Waals surface area contributed by atoms with E-state index in [0.29, 0.717) is 5.56 Å². The highest BCUT2D eigenvalue weighted by atomic mass is 19.1. The second kappa shape index (κ2) is 6.06. The third-order valence-corrected chi connectivity index (χ3v) is 2.70. The highest BCUT2D eigenvalue weighted by Gasteiger charge is 2.17. The third-order valence-electron chi connectivity index (χ3n) is 2.70. The summed E-state index contributed by atoms with van der Waals surface area (Å²) in [5.74, 6) is -3.22. The van der Waals surface area contributed by atoms with Crippen molar-refractivity contribution in [3.05, 3.63) is 71.3 Å². The Bertz CT molecular complexity index is 621. The van der Waals surface area contributed by atoms with Crippen LogP contribution in [0.5, 0.6) is 0 Å². The number of halogens is 2. The molecule has 20 heavy (non-hydrogen) atoms. The monoisotopic (exact) mass is 275 g/mol. The summed E-state index contributed by atoms with van der Waals surface area (Å²) >= 11 is 0. The molecule has 0 heterocycles. The van der Waals surface area contributed by atoms with Crippen LogP contribution < -0.4 is 5.32 Å². The first-order valence-electron chi connectivity index (χ1n) is 5.90. The van der Waals surface area contributed by atoms with Crippen LogP contribution in [0.25, 0.3) is 0 Å². The van der Waals surface area contributed by atoms with Crippen LogP contribution in [-0.2, 0) is 0 Å². The predicted octanol–water partition coefficient (Wildman–Crippen LogP) is 2.58. The van der Waals surface area contributed by atoms with Crippen molar-refractivity contribution in [1.82, 2.24) is 5.32 Å². The molecule has 1 amide bonds. The summed E-state index contributed by atoms with van der Waals surface area (Å²) in [7, 11) is 0. The van der Waals surface area contributed by atoms with Gasteiger partial charge in [0.15, 0.2) is 5.78 Å². The fourth-order valence-electron chi connectivity index (χ4n) is 1.69. The van der Waals surface area contributed by atoms with E-state index in [1.165, 1.54) is 0 Å². The molecule has 0 atom stereocenters. The van der Waals surface area contributed by atoms with Crippen LogP contribution in [-0.4, -0.2) is 18.2 Å². The first kappa shape index (κ1) is 13.9. The molecule has 0 unspecified atom stereocenters. The van der Waals surface area contributed by atoms with Gasteiger partial charge < -0.3 is 5.32 Å². The number of ketones is 1. The lowest BCUT2D eigenvalue weighted by Crippen LogP contribution is -2.30.